The van der Waals surface area contributed by atoms with Gasteiger partial charge in [-0.05, 0) is 43.5 Å². The summed E-state index contributed by atoms with van der Waals surface area (Å²) in [5.74, 6) is 6.00. The second-order valence-electron chi connectivity index (χ2n) is 4.68. The molecule has 0 aliphatic rings. The molecule has 0 saturated carbocycles. The van der Waals surface area contributed by atoms with Crippen molar-refractivity contribution in [2.24, 2.45) is 5.84 Å². The number of hydrazine groups is 1. The quantitative estimate of drug-likeness (QED) is 0.554. The van der Waals surface area contributed by atoms with Crippen LogP contribution in [0.25, 0.3) is 0 Å². The molecular weight excluding hydrogens is 268 g/mol. The molecule has 21 heavy (non-hydrogen) atoms. The Bertz CT molecular complexity index is 616. The standard InChI is InChI=1S/C14H20N6O/c1-4-7-21-14-18-12(17-13(19-14)20-15)16-11-6-5-9(2)10(3)8-11/h5-6,8H,4,7,15H2,1-3H3,(H2,16,17,18,19,20). The maximum Gasteiger partial charge on any atom is 0.323 e. The second-order valence-corrected chi connectivity index (χ2v) is 4.68. The van der Waals surface area contributed by atoms with E-state index < -0.39 is 0 Å². The van der Waals surface area contributed by atoms with Gasteiger partial charge in [0.1, 0.15) is 0 Å². The Morgan fingerprint density at radius 2 is 1.86 bits per heavy atom. The van der Waals surface area contributed by atoms with E-state index in [1.807, 2.05) is 25.1 Å². The Morgan fingerprint density at radius 3 is 2.52 bits per heavy atom. The number of aromatic nitrogens is 3. The lowest BCUT2D eigenvalue weighted by atomic mass is 10.1. The first-order valence-electron chi connectivity index (χ1n) is 6.82. The van der Waals surface area contributed by atoms with Crippen molar-refractivity contribution < 1.29 is 4.74 Å². The van der Waals surface area contributed by atoms with Crippen LogP contribution in [0.1, 0.15) is 24.5 Å². The molecule has 0 aliphatic heterocycles. The van der Waals surface area contributed by atoms with Crippen LogP contribution in [0.5, 0.6) is 6.01 Å². The molecule has 0 saturated heterocycles. The van der Waals surface area contributed by atoms with Gasteiger partial charge in [-0.3, -0.25) is 5.43 Å². The molecule has 1 aromatic carbocycles. The van der Waals surface area contributed by atoms with Crippen molar-refractivity contribution in [2.75, 3.05) is 17.3 Å². The van der Waals surface area contributed by atoms with Crippen LogP contribution in [0.2, 0.25) is 0 Å². The third-order valence-corrected chi connectivity index (χ3v) is 2.94. The Labute approximate surface area is 123 Å². The second kappa shape index (κ2) is 6.85. The summed E-state index contributed by atoms with van der Waals surface area (Å²) in [6, 6.07) is 6.27. The summed E-state index contributed by atoms with van der Waals surface area (Å²) in [4.78, 5) is 12.4. The molecule has 1 aromatic heterocycles. The van der Waals surface area contributed by atoms with E-state index in [0.29, 0.717) is 12.6 Å². The Morgan fingerprint density at radius 1 is 1.10 bits per heavy atom. The lowest BCUT2D eigenvalue weighted by Gasteiger charge is -2.10. The molecule has 0 spiro atoms. The van der Waals surface area contributed by atoms with Gasteiger partial charge in [-0.25, -0.2) is 5.84 Å². The van der Waals surface area contributed by atoms with Crippen LogP contribution in [-0.2, 0) is 0 Å². The van der Waals surface area contributed by atoms with E-state index in [9.17, 15) is 0 Å². The van der Waals surface area contributed by atoms with Gasteiger partial charge in [-0.15, -0.1) is 0 Å². The lowest BCUT2D eigenvalue weighted by Crippen LogP contribution is -2.13. The number of anilines is 3. The molecule has 0 amide bonds. The van der Waals surface area contributed by atoms with Crippen molar-refractivity contribution in [2.45, 2.75) is 27.2 Å². The average molecular weight is 288 g/mol. The highest BCUT2D eigenvalue weighted by molar-refractivity contribution is 5.56. The Kier molecular flexibility index (Phi) is 4.89. The van der Waals surface area contributed by atoms with Gasteiger partial charge in [-0.2, -0.15) is 15.0 Å². The van der Waals surface area contributed by atoms with Crippen molar-refractivity contribution in [3.63, 3.8) is 0 Å². The Hall–Kier alpha value is -2.41. The third kappa shape index (κ3) is 4.03. The first-order chi connectivity index (χ1) is 10.1. The van der Waals surface area contributed by atoms with Crippen LogP contribution in [0.15, 0.2) is 18.2 Å². The van der Waals surface area contributed by atoms with Crippen molar-refractivity contribution in [1.29, 1.82) is 0 Å². The molecule has 7 heteroatoms. The highest BCUT2D eigenvalue weighted by Gasteiger charge is 2.07. The average Bonchev–Trinajstić information content (AvgIpc) is 2.48. The number of nitrogens with one attached hydrogen (secondary N) is 2. The van der Waals surface area contributed by atoms with E-state index >= 15 is 0 Å². The molecule has 0 radical (unpaired) electrons. The summed E-state index contributed by atoms with van der Waals surface area (Å²) in [6.07, 6.45) is 0.872. The van der Waals surface area contributed by atoms with E-state index in [0.717, 1.165) is 12.1 Å². The fourth-order valence-corrected chi connectivity index (χ4v) is 1.68. The van der Waals surface area contributed by atoms with Gasteiger partial charge >= 0.3 is 6.01 Å². The normalized spacial score (nSPS) is 10.3. The molecular formula is C14H20N6O. The molecule has 2 rings (SSSR count). The van der Waals surface area contributed by atoms with Gasteiger partial charge in [0.05, 0.1) is 6.61 Å². The van der Waals surface area contributed by atoms with Crippen molar-refractivity contribution in [3.05, 3.63) is 29.3 Å². The van der Waals surface area contributed by atoms with E-state index in [4.69, 9.17) is 10.6 Å². The maximum atomic E-state index is 5.42. The summed E-state index contributed by atoms with van der Waals surface area (Å²) < 4.78 is 5.42. The number of rotatable bonds is 6. The molecule has 2 aromatic rings. The SMILES string of the molecule is CCCOc1nc(NN)nc(Nc2ccc(C)c(C)c2)n1. The fraction of sp³-hybridized carbons (Fsp3) is 0.357. The number of hydrogen-bond acceptors (Lipinski definition) is 7. The summed E-state index contributed by atoms with van der Waals surface area (Å²) in [6.45, 7) is 6.67. The number of aryl methyl sites for hydroxylation is 2. The van der Waals surface area contributed by atoms with E-state index in [1.54, 1.807) is 0 Å². The van der Waals surface area contributed by atoms with E-state index in [-0.39, 0.29) is 12.0 Å². The summed E-state index contributed by atoms with van der Waals surface area (Å²) in [5, 5.41) is 3.13. The van der Waals surface area contributed by atoms with Gasteiger partial charge in [0, 0.05) is 5.69 Å². The number of ether oxygens (including phenoxy) is 1. The molecule has 0 bridgehead atoms. The predicted octanol–water partition coefficient (Wildman–Crippen LogP) is 2.31. The molecule has 1 heterocycles. The van der Waals surface area contributed by atoms with Crippen molar-refractivity contribution in [3.8, 4) is 6.01 Å². The summed E-state index contributed by atoms with van der Waals surface area (Å²) >= 11 is 0. The minimum absolute atomic E-state index is 0.242. The summed E-state index contributed by atoms with van der Waals surface area (Å²) in [7, 11) is 0. The molecule has 7 nitrogen and oxygen atoms in total. The van der Waals surface area contributed by atoms with Crippen LogP contribution in [0, 0.1) is 13.8 Å². The Balaban J connectivity index is 2.23. The van der Waals surface area contributed by atoms with E-state index in [1.165, 1.54) is 11.1 Å². The zero-order valence-corrected chi connectivity index (χ0v) is 12.5. The minimum Gasteiger partial charge on any atom is -0.463 e. The molecule has 112 valence electrons. The number of nitrogens with zero attached hydrogens (tertiary/aromatic N) is 3. The number of nitrogen functional groups attached to an aromatic ring is 1. The lowest BCUT2D eigenvalue weighted by molar-refractivity contribution is 0.292. The highest BCUT2D eigenvalue weighted by Crippen LogP contribution is 2.19. The van der Waals surface area contributed by atoms with Gasteiger partial charge < -0.3 is 10.1 Å². The van der Waals surface area contributed by atoms with E-state index in [2.05, 4.69) is 39.5 Å². The number of benzene rings is 1. The van der Waals surface area contributed by atoms with Crippen LogP contribution in [0.3, 0.4) is 0 Å². The number of nitrogens with two attached hydrogens (primary N) is 1. The first kappa shape index (κ1) is 15.0. The highest BCUT2D eigenvalue weighted by atomic mass is 16.5. The predicted molar refractivity (Wildman–Crippen MR) is 82.6 cm³/mol. The zero-order chi connectivity index (χ0) is 15.2. The van der Waals surface area contributed by atoms with Gasteiger partial charge in [0.15, 0.2) is 0 Å². The molecule has 0 atom stereocenters. The van der Waals surface area contributed by atoms with Gasteiger partial charge in [0.2, 0.25) is 11.9 Å². The minimum atomic E-state index is 0.242. The number of hydrogen-bond donors (Lipinski definition) is 3. The molecule has 0 unspecified atom stereocenters. The van der Waals surface area contributed by atoms with Crippen LogP contribution in [0.4, 0.5) is 17.6 Å². The van der Waals surface area contributed by atoms with Crippen LogP contribution in [-0.4, -0.2) is 21.6 Å². The molecule has 0 fully saturated rings. The van der Waals surface area contributed by atoms with Gasteiger partial charge in [0.25, 0.3) is 0 Å². The topological polar surface area (TPSA) is 98.0 Å². The summed E-state index contributed by atoms with van der Waals surface area (Å²) in [5.41, 5.74) is 5.72. The van der Waals surface area contributed by atoms with Gasteiger partial charge in [-0.1, -0.05) is 13.0 Å². The van der Waals surface area contributed by atoms with Crippen LogP contribution < -0.4 is 21.3 Å². The van der Waals surface area contributed by atoms with Crippen molar-refractivity contribution >= 4 is 17.6 Å². The molecule has 4 N–H and O–H groups in total. The monoisotopic (exact) mass is 288 g/mol. The third-order valence-electron chi connectivity index (χ3n) is 2.94. The smallest absolute Gasteiger partial charge is 0.323 e. The zero-order valence-electron chi connectivity index (χ0n) is 12.5. The fourth-order valence-electron chi connectivity index (χ4n) is 1.68. The maximum absolute atomic E-state index is 5.42. The molecule has 0 aliphatic carbocycles. The van der Waals surface area contributed by atoms with Crippen LogP contribution >= 0.6 is 0 Å². The van der Waals surface area contributed by atoms with Crippen molar-refractivity contribution in [1.82, 2.24) is 15.0 Å². The largest absolute Gasteiger partial charge is 0.463 e. The first-order valence-corrected chi connectivity index (χ1v) is 6.82.